The number of carbonyl (C=O) groups excluding carboxylic acids is 2. The maximum Gasteiger partial charge on any atom is 0.319 e. The van der Waals surface area contributed by atoms with Gasteiger partial charge in [-0.05, 0) is 60.0 Å². The van der Waals surface area contributed by atoms with Crippen molar-refractivity contribution in [2.45, 2.75) is 19.4 Å². The summed E-state index contributed by atoms with van der Waals surface area (Å²) in [5.74, 6) is 0.279. The van der Waals surface area contributed by atoms with Crippen LogP contribution in [0.5, 0.6) is 17.2 Å². The molecular formula is C26H29N3O7. The van der Waals surface area contributed by atoms with Crippen molar-refractivity contribution in [3.8, 4) is 28.4 Å². The average Bonchev–Trinajstić information content (AvgIpc) is 2.88. The van der Waals surface area contributed by atoms with Gasteiger partial charge in [0.15, 0.2) is 5.69 Å². The zero-order valence-electron chi connectivity index (χ0n) is 20.5. The molecule has 0 unspecified atom stereocenters. The number of nitrogens with zero attached hydrogens (tertiary/aromatic N) is 1. The second kappa shape index (κ2) is 11.8. The normalized spacial score (nSPS) is 11.3. The summed E-state index contributed by atoms with van der Waals surface area (Å²) in [4.78, 5) is 37.6. The molecule has 10 nitrogen and oxygen atoms in total. The topological polar surface area (TPSA) is 128 Å². The van der Waals surface area contributed by atoms with Crippen LogP contribution in [0.1, 0.15) is 24.9 Å². The van der Waals surface area contributed by atoms with Crippen LogP contribution in [-0.2, 0) is 16.6 Å². The van der Waals surface area contributed by atoms with Crippen molar-refractivity contribution >= 4 is 17.7 Å². The van der Waals surface area contributed by atoms with Crippen molar-refractivity contribution in [1.29, 1.82) is 0 Å². The van der Waals surface area contributed by atoms with Gasteiger partial charge in [-0.25, -0.2) is 4.79 Å². The molecule has 1 atom stereocenters. The number of pyridine rings is 1. The summed E-state index contributed by atoms with van der Waals surface area (Å²) < 4.78 is 17.1. The Labute approximate surface area is 208 Å². The van der Waals surface area contributed by atoms with Crippen LogP contribution in [0.3, 0.4) is 0 Å². The van der Waals surface area contributed by atoms with Gasteiger partial charge in [0, 0.05) is 13.2 Å². The Bertz CT molecular complexity index is 1300. The average molecular weight is 496 g/mol. The fourth-order valence-electron chi connectivity index (χ4n) is 3.59. The van der Waals surface area contributed by atoms with Crippen molar-refractivity contribution < 1.29 is 28.9 Å². The van der Waals surface area contributed by atoms with E-state index in [9.17, 15) is 19.5 Å². The number of methoxy groups -OCH3 is 2. The number of aryl methyl sites for hydroxylation is 1. The lowest BCUT2D eigenvalue weighted by atomic mass is 9.97. The minimum Gasteiger partial charge on any atom is -0.505 e. The van der Waals surface area contributed by atoms with E-state index in [1.165, 1.54) is 31.0 Å². The van der Waals surface area contributed by atoms with E-state index in [-0.39, 0.29) is 24.5 Å². The van der Waals surface area contributed by atoms with Gasteiger partial charge in [0.1, 0.15) is 17.2 Å². The number of aromatic hydroxyl groups is 1. The molecule has 3 rings (SSSR count). The highest BCUT2D eigenvalue weighted by atomic mass is 16.5. The summed E-state index contributed by atoms with van der Waals surface area (Å²) in [6, 6.07) is 12.4. The van der Waals surface area contributed by atoms with Gasteiger partial charge in [-0.2, -0.15) is 0 Å². The predicted molar refractivity (Wildman–Crippen MR) is 134 cm³/mol. The van der Waals surface area contributed by atoms with E-state index in [0.717, 1.165) is 11.1 Å². The van der Waals surface area contributed by atoms with Crippen LogP contribution in [0.4, 0.5) is 10.5 Å². The molecule has 0 saturated carbocycles. The first-order valence-electron chi connectivity index (χ1n) is 11.2. The lowest BCUT2D eigenvalue weighted by molar-refractivity contribution is -0.143. The number of benzene rings is 2. The zero-order valence-corrected chi connectivity index (χ0v) is 20.5. The number of hydrogen-bond acceptors (Lipinski definition) is 7. The fraction of sp³-hybridized carbons (Fsp3) is 0.269. The molecule has 3 aromatic rings. The molecule has 1 aromatic heterocycles. The van der Waals surface area contributed by atoms with Crippen molar-refractivity contribution in [2.75, 3.05) is 26.1 Å². The van der Waals surface area contributed by atoms with Gasteiger partial charge in [0.05, 0.1) is 33.3 Å². The molecular weight excluding hydrogens is 466 g/mol. The summed E-state index contributed by atoms with van der Waals surface area (Å²) in [7, 11) is 4.58. The van der Waals surface area contributed by atoms with E-state index < -0.39 is 23.6 Å². The first kappa shape index (κ1) is 26.1. The van der Waals surface area contributed by atoms with E-state index in [0.29, 0.717) is 17.1 Å². The molecule has 0 radical (unpaired) electrons. The molecule has 3 N–H and O–H groups in total. The summed E-state index contributed by atoms with van der Waals surface area (Å²) in [6.07, 6.45) is 1.20. The molecule has 10 heteroatoms. The third kappa shape index (κ3) is 6.35. The number of hydrogen-bond donors (Lipinski definition) is 3. The SMILES string of the molecule is CCOC(=O)C[C@H](NC(=O)Nc1c(O)ccn(C)c1=O)c1cc(OC)cc(-c2cccc(OC)c2)c1. The van der Waals surface area contributed by atoms with Crippen LogP contribution in [0, 0.1) is 0 Å². The Morgan fingerprint density at radius 2 is 1.75 bits per heavy atom. The number of aromatic nitrogens is 1. The molecule has 36 heavy (non-hydrogen) atoms. The highest BCUT2D eigenvalue weighted by Gasteiger charge is 2.22. The Kier molecular flexibility index (Phi) is 8.56. The lowest BCUT2D eigenvalue weighted by Gasteiger charge is -2.21. The fourth-order valence-corrected chi connectivity index (χ4v) is 3.59. The van der Waals surface area contributed by atoms with E-state index >= 15 is 0 Å². The minimum absolute atomic E-state index is 0.176. The molecule has 0 saturated heterocycles. The molecule has 0 bridgehead atoms. The monoisotopic (exact) mass is 495 g/mol. The van der Waals surface area contributed by atoms with Crippen LogP contribution >= 0.6 is 0 Å². The van der Waals surface area contributed by atoms with Gasteiger partial charge in [0.2, 0.25) is 0 Å². The number of rotatable bonds is 9. The number of esters is 1. The summed E-state index contributed by atoms with van der Waals surface area (Å²) in [5.41, 5.74) is 1.31. The highest BCUT2D eigenvalue weighted by Crippen LogP contribution is 2.32. The Morgan fingerprint density at radius 3 is 2.44 bits per heavy atom. The smallest absolute Gasteiger partial charge is 0.319 e. The Hall–Kier alpha value is -4.47. The largest absolute Gasteiger partial charge is 0.505 e. The van der Waals surface area contributed by atoms with Crippen molar-refractivity contribution in [3.63, 3.8) is 0 Å². The minimum atomic E-state index is -0.835. The maximum absolute atomic E-state index is 12.9. The standard InChI is InChI=1S/C26H29N3O7/c1-5-36-23(31)15-21(27-26(33)28-24-22(30)9-10-29(2)25(24)32)18-11-17(13-20(14-18)35-4)16-7-6-8-19(12-16)34-3/h6-14,21,30H,5,15H2,1-4H3,(H2,27,28,33)/t21-/m0/s1. The number of urea groups is 1. The van der Waals surface area contributed by atoms with Crippen molar-refractivity contribution in [2.24, 2.45) is 7.05 Å². The molecule has 190 valence electrons. The molecule has 0 aliphatic rings. The highest BCUT2D eigenvalue weighted by molar-refractivity contribution is 5.91. The van der Waals surface area contributed by atoms with Gasteiger partial charge in [-0.1, -0.05) is 12.1 Å². The number of nitrogens with one attached hydrogen (secondary N) is 2. The number of carbonyl (C=O) groups is 2. The third-order valence-corrected chi connectivity index (χ3v) is 5.44. The quantitative estimate of drug-likeness (QED) is 0.387. The van der Waals surface area contributed by atoms with Gasteiger partial charge in [-0.3, -0.25) is 9.59 Å². The zero-order chi connectivity index (χ0) is 26.2. The van der Waals surface area contributed by atoms with Crippen molar-refractivity contribution in [3.05, 3.63) is 70.6 Å². The van der Waals surface area contributed by atoms with E-state index in [1.54, 1.807) is 20.1 Å². The second-order valence-electron chi connectivity index (χ2n) is 7.88. The molecule has 0 spiro atoms. The van der Waals surface area contributed by atoms with Crippen LogP contribution in [0.25, 0.3) is 11.1 Å². The first-order valence-corrected chi connectivity index (χ1v) is 11.2. The first-order chi connectivity index (χ1) is 17.2. The molecule has 0 fully saturated rings. The van der Waals surface area contributed by atoms with Crippen LogP contribution in [0.15, 0.2) is 59.5 Å². The van der Waals surface area contributed by atoms with Gasteiger partial charge < -0.3 is 34.5 Å². The second-order valence-corrected chi connectivity index (χ2v) is 7.88. The van der Waals surface area contributed by atoms with Gasteiger partial charge in [0.25, 0.3) is 5.56 Å². The Morgan fingerprint density at radius 1 is 1.03 bits per heavy atom. The molecule has 0 aliphatic heterocycles. The van der Waals surface area contributed by atoms with Gasteiger partial charge in [-0.15, -0.1) is 0 Å². The van der Waals surface area contributed by atoms with E-state index in [2.05, 4.69) is 10.6 Å². The third-order valence-electron chi connectivity index (χ3n) is 5.44. The maximum atomic E-state index is 12.9. The molecule has 2 amide bonds. The molecule has 2 aromatic carbocycles. The number of anilines is 1. The van der Waals surface area contributed by atoms with Gasteiger partial charge >= 0.3 is 12.0 Å². The Balaban J connectivity index is 1.98. The number of ether oxygens (including phenoxy) is 3. The van der Waals surface area contributed by atoms with Crippen molar-refractivity contribution in [1.82, 2.24) is 9.88 Å². The van der Waals surface area contributed by atoms with Crippen LogP contribution < -0.4 is 25.7 Å². The molecule has 1 heterocycles. The predicted octanol–water partition coefficient (Wildman–Crippen LogP) is 3.59. The summed E-state index contributed by atoms with van der Waals surface area (Å²) >= 11 is 0. The summed E-state index contributed by atoms with van der Waals surface area (Å²) in [6.45, 7) is 1.87. The lowest BCUT2D eigenvalue weighted by Crippen LogP contribution is -2.36. The number of amides is 2. The van der Waals surface area contributed by atoms with E-state index in [4.69, 9.17) is 14.2 Å². The molecule has 0 aliphatic carbocycles. The van der Waals surface area contributed by atoms with Crippen LogP contribution in [-0.4, -0.2) is 42.5 Å². The summed E-state index contributed by atoms with van der Waals surface area (Å²) in [5, 5.41) is 15.1. The van der Waals surface area contributed by atoms with Crippen LogP contribution in [0.2, 0.25) is 0 Å². The van der Waals surface area contributed by atoms with E-state index in [1.807, 2.05) is 36.4 Å².